The molecule has 2 rings (SSSR count). The predicted molar refractivity (Wildman–Crippen MR) is 95.1 cm³/mol. The Labute approximate surface area is 153 Å². The zero-order valence-electron chi connectivity index (χ0n) is 13.5. The number of ether oxygens (including phenoxy) is 1. The normalized spacial score (nSPS) is 10.1. The van der Waals surface area contributed by atoms with Crippen molar-refractivity contribution >= 4 is 40.1 Å². The van der Waals surface area contributed by atoms with Gasteiger partial charge in [-0.2, -0.15) is 5.26 Å². The Bertz CT molecular complexity index is 786. The fourth-order valence-electron chi connectivity index (χ4n) is 1.84. The number of hydrogen-bond donors (Lipinski definition) is 1. The Kier molecular flexibility index (Phi) is 7.37. The van der Waals surface area contributed by atoms with Crippen LogP contribution in [0.1, 0.15) is 30.9 Å². The molecule has 0 bridgehead atoms. The van der Waals surface area contributed by atoms with Crippen molar-refractivity contribution in [2.24, 2.45) is 0 Å². The summed E-state index contributed by atoms with van der Waals surface area (Å²) in [6.45, 7) is 2.01. The number of aromatic nitrogens is 2. The Morgan fingerprint density at radius 3 is 2.88 bits per heavy atom. The Hall–Kier alpha value is -2.44. The summed E-state index contributed by atoms with van der Waals surface area (Å²) in [5.74, 6) is -0.118. The topological polar surface area (TPSA) is 105 Å². The summed E-state index contributed by atoms with van der Waals surface area (Å²) < 4.78 is 5.46. The molecule has 0 radical (unpaired) electrons. The van der Waals surface area contributed by atoms with Crippen molar-refractivity contribution < 1.29 is 14.3 Å². The summed E-state index contributed by atoms with van der Waals surface area (Å²) in [4.78, 5) is 23.0. The van der Waals surface area contributed by atoms with E-state index in [1.54, 1.807) is 13.0 Å². The number of hydrogen-bond acceptors (Lipinski definition) is 8. The molecule has 0 unspecified atom stereocenters. The maximum Gasteiger partial charge on any atom is 0.306 e. The molecule has 0 atom stereocenters. The smallest absolute Gasteiger partial charge is 0.306 e. The molecule has 0 saturated heterocycles. The van der Waals surface area contributed by atoms with Crippen LogP contribution in [-0.4, -0.2) is 28.7 Å². The van der Waals surface area contributed by atoms with E-state index >= 15 is 0 Å². The lowest BCUT2D eigenvalue weighted by Crippen LogP contribution is -2.14. The number of anilines is 1. The highest BCUT2D eigenvalue weighted by Gasteiger charge is 2.12. The third-order valence-electron chi connectivity index (χ3n) is 3.00. The lowest BCUT2D eigenvalue weighted by atomic mass is 10.1. The number of carbonyl (C=O) groups is 2. The molecule has 1 amide bonds. The summed E-state index contributed by atoms with van der Waals surface area (Å²) in [7, 11) is 0. The molecule has 0 aliphatic heterocycles. The molecule has 2 aromatic rings. The van der Waals surface area contributed by atoms with Gasteiger partial charge in [0.25, 0.3) is 0 Å². The van der Waals surface area contributed by atoms with Gasteiger partial charge in [-0.05, 0) is 18.6 Å². The SMILES string of the molecule is CCOC(=O)CCC(=O)Nc1nnc(SCc2ccccc2C#N)s1. The molecule has 1 heterocycles. The second-order valence-electron chi connectivity index (χ2n) is 4.78. The number of nitrogens with zero attached hydrogens (tertiary/aromatic N) is 3. The van der Waals surface area contributed by atoms with Gasteiger partial charge in [0.05, 0.1) is 24.7 Å². The van der Waals surface area contributed by atoms with E-state index in [-0.39, 0.29) is 18.7 Å². The highest BCUT2D eigenvalue weighted by atomic mass is 32.2. The molecule has 0 fully saturated rings. The Balaban J connectivity index is 1.83. The van der Waals surface area contributed by atoms with Crippen LogP contribution in [0.4, 0.5) is 5.13 Å². The quantitative estimate of drug-likeness (QED) is 0.429. The molecular weight excluding hydrogens is 360 g/mol. The van der Waals surface area contributed by atoms with Crippen molar-refractivity contribution in [3.63, 3.8) is 0 Å². The van der Waals surface area contributed by atoms with Gasteiger partial charge in [-0.1, -0.05) is 41.3 Å². The monoisotopic (exact) mass is 376 g/mol. The number of rotatable bonds is 8. The van der Waals surface area contributed by atoms with Gasteiger partial charge >= 0.3 is 5.97 Å². The first kappa shape index (κ1) is 18.9. The van der Waals surface area contributed by atoms with E-state index in [0.29, 0.717) is 27.4 Å². The zero-order chi connectivity index (χ0) is 18.1. The Morgan fingerprint density at radius 2 is 2.12 bits per heavy atom. The maximum absolute atomic E-state index is 11.8. The molecule has 0 saturated carbocycles. The van der Waals surface area contributed by atoms with Crippen LogP contribution in [0.15, 0.2) is 28.6 Å². The minimum atomic E-state index is -0.401. The summed E-state index contributed by atoms with van der Waals surface area (Å²) in [5, 5.41) is 20.0. The Morgan fingerprint density at radius 1 is 1.32 bits per heavy atom. The van der Waals surface area contributed by atoms with Gasteiger partial charge in [0.15, 0.2) is 4.34 Å². The highest BCUT2D eigenvalue weighted by Crippen LogP contribution is 2.29. The van der Waals surface area contributed by atoms with Crippen LogP contribution in [0.3, 0.4) is 0 Å². The summed E-state index contributed by atoms with van der Waals surface area (Å²) in [5.41, 5.74) is 1.55. The molecule has 7 nitrogen and oxygen atoms in total. The molecular formula is C16H16N4O3S2. The second-order valence-corrected chi connectivity index (χ2v) is 6.98. The van der Waals surface area contributed by atoms with E-state index in [1.165, 1.54) is 23.1 Å². The number of carbonyl (C=O) groups excluding carboxylic acids is 2. The summed E-state index contributed by atoms with van der Waals surface area (Å²) >= 11 is 2.69. The summed E-state index contributed by atoms with van der Waals surface area (Å²) in [6.07, 6.45) is 0.0709. The standard InChI is InChI=1S/C16H16N4O3S2/c1-2-23-14(22)8-7-13(21)18-15-19-20-16(25-15)24-10-12-6-4-3-5-11(12)9-17/h3-6H,2,7-8,10H2,1H3,(H,18,19,21). The van der Waals surface area contributed by atoms with Crippen molar-refractivity contribution in [3.8, 4) is 6.07 Å². The molecule has 0 spiro atoms. The van der Waals surface area contributed by atoms with Crippen LogP contribution >= 0.6 is 23.1 Å². The van der Waals surface area contributed by atoms with Crippen LogP contribution < -0.4 is 5.32 Å². The minimum absolute atomic E-state index is 0.0328. The average molecular weight is 376 g/mol. The molecule has 1 aromatic carbocycles. The molecule has 9 heteroatoms. The van der Waals surface area contributed by atoms with Crippen LogP contribution in [0.25, 0.3) is 0 Å². The first-order valence-electron chi connectivity index (χ1n) is 7.52. The molecule has 25 heavy (non-hydrogen) atoms. The molecule has 0 aliphatic carbocycles. The summed E-state index contributed by atoms with van der Waals surface area (Å²) in [6, 6.07) is 9.52. The first-order valence-corrected chi connectivity index (χ1v) is 9.32. The van der Waals surface area contributed by atoms with Crippen LogP contribution in [0.5, 0.6) is 0 Å². The van der Waals surface area contributed by atoms with Gasteiger partial charge in [-0.15, -0.1) is 10.2 Å². The number of thioether (sulfide) groups is 1. The predicted octanol–water partition coefficient (Wildman–Crippen LogP) is 2.98. The van der Waals surface area contributed by atoms with Crippen molar-refractivity contribution in [2.75, 3.05) is 11.9 Å². The van der Waals surface area contributed by atoms with E-state index in [0.717, 1.165) is 5.56 Å². The molecule has 0 aliphatic rings. The van der Waals surface area contributed by atoms with Crippen LogP contribution in [-0.2, 0) is 20.1 Å². The van der Waals surface area contributed by atoms with Gasteiger partial charge < -0.3 is 10.1 Å². The number of nitrogens with one attached hydrogen (secondary N) is 1. The lowest BCUT2D eigenvalue weighted by Gasteiger charge is -2.01. The van der Waals surface area contributed by atoms with Crippen molar-refractivity contribution in [1.82, 2.24) is 10.2 Å². The second kappa shape index (κ2) is 9.76. The van der Waals surface area contributed by atoms with Crippen molar-refractivity contribution in [2.45, 2.75) is 29.9 Å². The van der Waals surface area contributed by atoms with E-state index < -0.39 is 5.97 Å². The largest absolute Gasteiger partial charge is 0.466 e. The number of esters is 1. The van der Waals surface area contributed by atoms with Gasteiger partial charge in [0.1, 0.15) is 0 Å². The fraction of sp³-hybridized carbons (Fsp3) is 0.312. The van der Waals surface area contributed by atoms with E-state index in [9.17, 15) is 9.59 Å². The van der Waals surface area contributed by atoms with E-state index in [1.807, 2.05) is 18.2 Å². The number of nitriles is 1. The third kappa shape index (κ3) is 6.17. The highest BCUT2D eigenvalue weighted by molar-refractivity contribution is 8.00. The van der Waals surface area contributed by atoms with E-state index in [2.05, 4.69) is 21.6 Å². The minimum Gasteiger partial charge on any atom is -0.466 e. The van der Waals surface area contributed by atoms with Gasteiger partial charge in [-0.25, -0.2) is 0 Å². The average Bonchev–Trinajstić information content (AvgIpc) is 3.06. The molecule has 1 N–H and O–H groups in total. The van der Waals surface area contributed by atoms with E-state index in [4.69, 9.17) is 10.00 Å². The molecule has 130 valence electrons. The number of amides is 1. The van der Waals surface area contributed by atoms with Crippen molar-refractivity contribution in [3.05, 3.63) is 35.4 Å². The maximum atomic E-state index is 11.8. The number of benzene rings is 1. The fourth-order valence-corrected chi connectivity index (χ4v) is 3.62. The van der Waals surface area contributed by atoms with Crippen LogP contribution in [0.2, 0.25) is 0 Å². The van der Waals surface area contributed by atoms with Gasteiger partial charge in [0.2, 0.25) is 11.0 Å². The molecule has 1 aromatic heterocycles. The van der Waals surface area contributed by atoms with Gasteiger partial charge in [-0.3, -0.25) is 9.59 Å². The lowest BCUT2D eigenvalue weighted by molar-refractivity contribution is -0.144. The van der Waals surface area contributed by atoms with Gasteiger partial charge in [0, 0.05) is 12.2 Å². The zero-order valence-corrected chi connectivity index (χ0v) is 15.2. The van der Waals surface area contributed by atoms with Crippen molar-refractivity contribution in [1.29, 1.82) is 5.26 Å². The first-order chi connectivity index (χ1) is 12.1. The third-order valence-corrected chi connectivity index (χ3v) is 5.02. The van der Waals surface area contributed by atoms with Crippen LogP contribution in [0, 0.1) is 11.3 Å².